The number of rotatable bonds is 3. The first-order chi connectivity index (χ1) is 9.16. The molecule has 0 amide bonds. The molecular formula is C15H14ClNO2. The summed E-state index contributed by atoms with van der Waals surface area (Å²) in [4.78, 5) is 23.5. The van der Waals surface area contributed by atoms with Crippen molar-refractivity contribution in [2.24, 2.45) is 0 Å². The lowest BCUT2D eigenvalue weighted by molar-refractivity contribution is 0.753. The Kier molecular flexibility index (Phi) is 3.15. The van der Waals surface area contributed by atoms with E-state index in [1.54, 1.807) is 24.3 Å². The third kappa shape index (κ3) is 2.19. The second-order valence-corrected chi connectivity index (χ2v) is 5.48. The van der Waals surface area contributed by atoms with Gasteiger partial charge in [0, 0.05) is 11.1 Å². The van der Waals surface area contributed by atoms with Crippen molar-refractivity contribution >= 4 is 17.3 Å². The Morgan fingerprint density at radius 3 is 2.26 bits per heavy atom. The van der Waals surface area contributed by atoms with Gasteiger partial charge in [0.25, 0.3) is 0 Å². The molecule has 1 aliphatic carbocycles. The van der Waals surface area contributed by atoms with E-state index in [9.17, 15) is 9.59 Å². The van der Waals surface area contributed by atoms with Gasteiger partial charge in [-0.3, -0.25) is 9.59 Å². The lowest BCUT2D eigenvalue weighted by atomic mass is 9.98. The van der Waals surface area contributed by atoms with Gasteiger partial charge in [0.05, 0.1) is 11.3 Å². The van der Waals surface area contributed by atoms with Crippen molar-refractivity contribution in [3.8, 4) is 11.1 Å². The molecular weight excluding hydrogens is 262 g/mol. The summed E-state index contributed by atoms with van der Waals surface area (Å²) in [5.41, 5.74) is 0.960. The maximum Gasteiger partial charge on any atom is 0.250 e. The zero-order chi connectivity index (χ0) is 13.4. The zero-order valence-electron chi connectivity index (χ0n) is 10.4. The van der Waals surface area contributed by atoms with Crippen LogP contribution >= 0.6 is 11.6 Å². The fourth-order valence-electron chi connectivity index (χ4n) is 2.70. The van der Waals surface area contributed by atoms with Crippen molar-refractivity contribution in [3.05, 3.63) is 49.7 Å². The number of hydrogen-bond donors (Lipinski definition) is 1. The SMILES string of the molecule is O=c1c(NC2CCCC2)c(-c2ccc(Cl)cc2)c1=O. The van der Waals surface area contributed by atoms with Crippen LogP contribution in [-0.4, -0.2) is 6.04 Å². The summed E-state index contributed by atoms with van der Waals surface area (Å²) in [5, 5.41) is 3.85. The van der Waals surface area contributed by atoms with E-state index < -0.39 is 10.9 Å². The Hall–Kier alpha value is -1.61. The molecule has 1 N–H and O–H groups in total. The van der Waals surface area contributed by atoms with E-state index in [0.717, 1.165) is 18.4 Å². The normalized spacial score (nSPS) is 16.1. The third-order valence-electron chi connectivity index (χ3n) is 3.75. The van der Waals surface area contributed by atoms with Gasteiger partial charge in [0.2, 0.25) is 10.9 Å². The van der Waals surface area contributed by atoms with Crippen molar-refractivity contribution in [3.63, 3.8) is 0 Å². The highest BCUT2D eigenvalue weighted by molar-refractivity contribution is 6.30. The standard InChI is InChI=1S/C15H14ClNO2/c16-10-7-5-9(6-8-10)12-13(15(19)14(12)18)17-11-3-1-2-4-11/h5-8,11,17H,1-4H2. The molecule has 0 atom stereocenters. The monoisotopic (exact) mass is 275 g/mol. The maximum atomic E-state index is 11.8. The first-order valence-corrected chi connectivity index (χ1v) is 6.90. The minimum atomic E-state index is -0.400. The van der Waals surface area contributed by atoms with Crippen molar-refractivity contribution in [1.29, 1.82) is 0 Å². The average molecular weight is 276 g/mol. The predicted molar refractivity (Wildman–Crippen MR) is 77.7 cm³/mol. The fraction of sp³-hybridized carbons (Fsp3) is 0.333. The van der Waals surface area contributed by atoms with E-state index in [1.807, 2.05) is 0 Å². The second-order valence-electron chi connectivity index (χ2n) is 5.04. The molecule has 0 aromatic heterocycles. The van der Waals surface area contributed by atoms with Crippen molar-refractivity contribution in [2.75, 3.05) is 5.32 Å². The predicted octanol–water partition coefficient (Wildman–Crippen LogP) is 2.96. The Morgan fingerprint density at radius 2 is 1.63 bits per heavy atom. The summed E-state index contributed by atoms with van der Waals surface area (Å²) in [6.45, 7) is 0. The zero-order valence-corrected chi connectivity index (χ0v) is 11.2. The van der Waals surface area contributed by atoms with Gasteiger partial charge in [0.15, 0.2) is 0 Å². The van der Waals surface area contributed by atoms with E-state index >= 15 is 0 Å². The number of halogens is 1. The molecule has 0 bridgehead atoms. The van der Waals surface area contributed by atoms with E-state index in [-0.39, 0.29) is 0 Å². The van der Waals surface area contributed by atoms with Gasteiger partial charge >= 0.3 is 0 Å². The molecule has 0 unspecified atom stereocenters. The summed E-state index contributed by atoms with van der Waals surface area (Å²) in [6.07, 6.45) is 4.50. The quantitative estimate of drug-likeness (QED) is 0.876. The molecule has 1 aliphatic rings. The van der Waals surface area contributed by atoms with E-state index in [1.165, 1.54) is 12.8 Å². The van der Waals surface area contributed by atoms with Crippen molar-refractivity contribution in [2.45, 2.75) is 31.7 Å². The van der Waals surface area contributed by atoms with Crippen molar-refractivity contribution in [1.82, 2.24) is 0 Å². The topological polar surface area (TPSA) is 46.2 Å². The van der Waals surface area contributed by atoms with Crippen molar-refractivity contribution < 1.29 is 0 Å². The van der Waals surface area contributed by atoms with Gasteiger partial charge in [-0.05, 0) is 30.5 Å². The molecule has 3 rings (SSSR count). The largest absolute Gasteiger partial charge is 0.378 e. The highest BCUT2D eigenvalue weighted by Crippen LogP contribution is 2.28. The molecule has 0 spiro atoms. The van der Waals surface area contributed by atoms with E-state index in [2.05, 4.69) is 5.32 Å². The number of hydrogen-bond acceptors (Lipinski definition) is 3. The molecule has 4 heteroatoms. The van der Waals surface area contributed by atoms with Crippen LogP contribution in [0.5, 0.6) is 0 Å². The molecule has 0 aliphatic heterocycles. The van der Waals surface area contributed by atoms with Gasteiger partial charge in [-0.15, -0.1) is 0 Å². The summed E-state index contributed by atoms with van der Waals surface area (Å²) < 4.78 is 0. The first-order valence-electron chi connectivity index (χ1n) is 6.52. The molecule has 1 fully saturated rings. The molecule has 0 radical (unpaired) electrons. The molecule has 3 nitrogen and oxygen atoms in total. The number of nitrogens with one attached hydrogen (secondary N) is 1. The van der Waals surface area contributed by atoms with Gasteiger partial charge < -0.3 is 5.32 Å². The minimum Gasteiger partial charge on any atom is -0.378 e. The summed E-state index contributed by atoms with van der Waals surface area (Å²) in [6, 6.07) is 7.34. The maximum absolute atomic E-state index is 11.8. The van der Waals surface area contributed by atoms with Crippen LogP contribution < -0.4 is 16.2 Å². The van der Waals surface area contributed by atoms with Crippen LogP contribution in [0.15, 0.2) is 33.9 Å². The smallest absolute Gasteiger partial charge is 0.250 e. The van der Waals surface area contributed by atoms with Crippen LogP contribution in [0.2, 0.25) is 5.02 Å². The lowest BCUT2D eigenvalue weighted by Crippen LogP contribution is -2.38. The van der Waals surface area contributed by atoms with E-state index in [0.29, 0.717) is 22.3 Å². The Labute approximate surface area is 115 Å². The average Bonchev–Trinajstić information content (AvgIpc) is 2.93. The van der Waals surface area contributed by atoms with Crippen LogP contribution in [0, 0.1) is 0 Å². The van der Waals surface area contributed by atoms with Gasteiger partial charge in [-0.2, -0.15) is 0 Å². The fourth-order valence-corrected chi connectivity index (χ4v) is 2.82. The summed E-state index contributed by atoms with van der Waals surface area (Å²) in [7, 11) is 0. The number of benzene rings is 1. The van der Waals surface area contributed by atoms with E-state index in [4.69, 9.17) is 11.6 Å². The molecule has 1 saturated carbocycles. The Morgan fingerprint density at radius 1 is 1.00 bits per heavy atom. The first kappa shape index (κ1) is 12.4. The summed E-state index contributed by atoms with van der Waals surface area (Å²) >= 11 is 5.83. The van der Waals surface area contributed by atoms with Crippen LogP contribution in [0.25, 0.3) is 11.1 Å². The van der Waals surface area contributed by atoms with Gasteiger partial charge in [0.1, 0.15) is 0 Å². The molecule has 98 valence electrons. The number of anilines is 1. The highest BCUT2D eigenvalue weighted by atomic mass is 35.5. The van der Waals surface area contributed by atoms with Crippen LogP contribution in [-0.2, 0) is 0 Å². The summed E-state index contributed by atoms with van der Waals surface area (Å²) in [5.74, 6) is 0. The molecule has 0 heterocycles. The molecule has 19 heavy (non-hydrogen) atoms. The van der Waals surface area contributed by atoms with Crippen LogP contribution in [0.3, 0.4) is 0 Å². The van der Waals surface area contributed by atoms with Gasteiger partial charge in [-0.1, -0.05) is 36.6 Å². The van der Waals surface area contributed by atoms with Crippen LogP contribution in [0.1, 0.15) is 25.7 Å². The van der Waals surface area contributed by atoms with Gasteiger partial charge in [-0.25, -0.2) is 0 Å². The molecule has 0 saturated heterocycles. The minimum absolute atomic E-state index is 0.328. The third-order valence-corrected chi connectivity index (χ3v) is 4.00. The highest BCUT2D eigenvalue weighted by Gasteiger charge is 2.25. The Bertz CT molecular complexity index is 662. The lowest BCUT2D eigenvalue weighted by Gasteiger charge is -2.18. The van der Waals surface area contributed by atoms with Crippen LogP contribution in [0.4, 0.5) is 5.69 Å². The Balaban J connectivity index is 1.93. The second kappa shape index (κ2) is 4.82. The molecule has 2 aromatic carbocycles. The molecule has 2 aromatic rings.